The van der Waals surface area contributed by atoms with Crippen molar-refractivity contribution in [2.75, 3.05) is 0 Å². The minimum atomic E-state index is -1.05. The van der Waals surface area contributed by atoms with Gasteiger partial charge in [-0.3, -0.25) is 9.48 Å². The van der Waals surface area contributed by atoms with Crippen molar-refractivity contribution in [3.05, 3.63) is 16.9 Å². The summed E-state index contributed by atoms with van der Waals surface area (Å²) in [6, 6.07) is -0.951. The highest BCUT2D eigenvalue weighted by atomic mass is 35.5. The van der Waals surface area contributed by atoms with Gasteiger partial charge in [-0.2, -0.15) is 5.10 Å². The number of halogens is 1. The van der Waals surface area contributed by atoms with Gasteiger partial charge in [0.15, 0.2) is 0 Å². The fourth-order valence-corrected chi connectivity index (χ4v) is 1.26. The third-order valence-electron chi connectivity index (χ3n) is 1.84. The zero-order valence-corrected chi connectivity index (χ0v) is 8.53. The highest BCUT2D eigenvalue weighted by Gasteiger charge is 2.16. The second-order valence-electron chi connectivity index (χ2n) is 2.93. The molecule has 78 valence electrons. The molecule has 1 aromatic heterocycles. The summed E-state index contributed by atoms with van der Waals surface area (Å²) in [5.41, 5.74) is 5.89. The van der Waals surface area contributed by atoms with Crippen molar-refractivity contribution >= 4 is 17.6 Å². The number of nitrogens with zero attached hydrogens (tertiary/aromatic N) is 2. The number of aryl methyl sites for hydroxylation is 1. The molecule has 1 rings (SSSR count). The van der Waals surface area contributed by atoms with Gasteiger partial charge in [-0.25, -0.2) is 0 Å². The summed E-state index contributed by atoms with van der Waals surface area (Å²) in [6.07, 6.45) is 1.81. The van der Waals surface area contributed by atoms with Crippen LogP contribution < -0.4 is 5.73 Å². The molecular formula is C8H12ClN3O2. The van der Waals surface area contributed by atoms with Crippen LogP contribution in [0.3, 0.4) is 0 Å². The Morgan fingerprint density at radius 2 is 2.50 bits per heavy atom. The molecule has 1 atom stereocenters. The van der Waals surface area contributed by atoms with Gasteiger partial charge < -0.3 is 10.8 Å². The van der Waals surface area contributed by atoms with E-state index >= 15 is 0 Å². The van der Waals surface area contributed by atoms with Crippen LogP contribution in [0.2, 0.25) is 5.02 Å². The van der Waals surface area contributed by atoms with E-state index < -0.39 is 12.0 Å². The average molecular weight is 218 g/mol. The van der Waals surface area contributed by atoms with Crippen molar-refractivity contribution in [1.82, 2.24) is 9.78 Å². The van der Waals surface area contributed by atoms with Crippen molar-refractivity contribution in [2.24, 2.45) is 5.73 Å². The highest BCUT2D eigenvalue weighted by Crippen LogP contribution is 2.15. The zero-order chi connectivity index (χ0) is 10.7. The fraction of sp³-hybridized carbons (Fsp3) is 0.500. The van der Waals surface area contributed by atoms with Gasteiger partial charge in [0.25, 0.3) is 0 Å². The Balaban J connectivity index is 2.75. The molecule has 0 spiro atoms. The molecule has 1 heterocycles. The van der Waals surface area contributed by atoms with Crippen molar-refractivity contribution in [2.45, 2.75) is 25.9 Å². The summed E-state index contributed by atoms with van der Waals surface area (Å²) in [5, 5.41) is 13.1. The molecule has 0 bridgehead atoms. The van der Waals surface area contributed by atoms with E-state index in [1.54, 1.807) is 10.9 Å². The van der Waals surface area contributed by atoms with E-state index in [0.717, 1.165) is 0 Å². The molecule has 0 saturated carbocycles. The highest BCUT2D eigenvalue weighted by molar-refractivity contribution is 6.31. The molecule has 0 aromatic carbocycles. The normalized spacial score (nSPS) is 12.8. The number of carboxylic acid groups (broad SMARTS) is 1. The molecule has 5 nitrogen and oxygen atoms in total. The van der Waals surface area contributed by atoms with Crippen molar-refractivity contribution < 1.29 is 9.90 Å². The second-order valence-corrected chi connectivity index (χ2v) is 3.34. The molecule has 0 aliphatic heterocycles. The molecule has 0 saturated heterocycles. The van der Waals surface area contributed by atoms with Gasteiger partial charge in [-0.1, -0.05) is 11.6 Å². The molecule has 0 fully saturated rings. The second kappa shape index (κ2) is 4.43. The van der Waals surface area contributed by atoms with Gasteiger partial charge in [0, 0.05) is 19.2 Å². The molecule has 3 N–H and O–H groups in total. The first-order valence-electron chi connectivity index (χ1n) is 4.24. The molecule has 0 aliphatic rings. The predicted octanol–water partition coefficient (Wildman–Crippen LogP) is 0.511. The van der Waals surface area contributed by atoms with E-state index in [0.29, 0.717) is 17.3 Å². The lowest BCUT2D eigenvalue weighted by molar-refractivity contribution is -0.138. The third kappa shape index (κ3) is 2.46. The number of carbonyl (C=O) groups is 1. The van der Waals surface area contributed by atoms with Crippen LogP contribution in [0.25, 0.3) is 0 Å². The van der Waals surface area contributed by atoms with Crippen molar-refractivity contribution in [1.29, 1.82) is 0 Å². The summed E-state index contributed by atoms with van der Waals surface area (Å²) in [5.74, 6) is -1.05. The number of rotatable bonds is 4. The van der Waals surface area contributed by atoms with E-state index in [1.165, 1.54) is 0 Å². The van der Waals surface area contributed by atoms with Gasteiger partial charge >= 0.3 is 5.97 Å². The number of nitrogens with two attached hydrogens (primary N) is 1. The Morgan fingerprint density at radius 1 is 1.86 bits per heavy atom. The van der Waals surface area contributed by atoms with Crippen LogP contribution in [0.5, 0.6) is 0 Å². The van der Waals surface area contributed by atoms with E-state index in [1.807, 2.05) is 6.92 Å². The summed E-state index contributed by atoms with van der Waals surface area (Å²) in [6.45, 7) is 2.62. The quantitative estimate of drug-likeness (QED) is 0.770. The van der Waals surface area contributed by atoms with Gasteiger partial charge in [0.1, 0.15) is 6.04 Å². The summed E-state index contributed by atoms with van der Waals surface area (Å²) in [7, 11) is 0. The SMILES string of the molecule is CCn1cc(Cl)c(CC(N)C(=O)O)n1. The molecule has 1 unspecified atom stereocenters. The molecule has 6 heteroatoms. The first kappa shape index (κ1) is 11.0. The largest absolute Gasteiger partial charge is 0.480 e. The van der Waals surface area contributed by atoms with Crippen LogP contribution >= 0.6 is 11.6 Å². The monoisotopic (exact) mass is 217 g/mol. The number of hydrogen-bond acceptors (Lipinski definition) is 3. The first-order valence-corrected chi connectivity index (χ1v) is 4.62. The Labute approximate surface area is 86.5 Å². The standard InChI is InChI=1S/C8H12ClN3O2/c1-2-12-4-5(9)7(11-12)3-6(10)8(13)14/h4,6H,2-3,10H2,1H3,(H,13,14). The van der Waals surface area contributed by atoms with Crippen LogP contribution in [0.15, 0.2) is 6.20 Å². The number of carboxylic acids is 1. The van der Waals surface area contributed by atoms with Crippen LogP contribution in [0.1, 0.15) is 12.6 Å². The van der Waals surface area contributed by atoms with Gasteiger partial charge in [-0.05, 0) is 6.92 Å². The van der Waals surface area contributed by atoms with Gasteiger partial charge in [0.2, 0.25) is 0 Å². The first-order chi connectivity index (χ1) is 6.54. The molecule has 0 amide bonds. The van der Waals surface area contributed by atoms with Gasteiger partial charge in [-0.15, -0.1) is 0 Å². The summed E-state index contributed by atoms with van der Waals surface area (Å²) in [4.78, 5) is 10.5. The molecule has 0 aliphatic carbocycles. The number of aliphatic carboxylic acids is 1. The molecular weight excluding hydrogens is 206 g/mol. The van der Waals surface area contributed by atoms with E-state index in [-0.39, 0.29) is 6.42 Å². The number of hydrogen-bond donors (Lipinski definition) is 2. The van der Waals surface area contributed by atoms with Crippen molar-refractivity contribution in [3.63, 3.8) is 0 Å². The molecule has 1 aromatic rings. The van der Waals surface area contributed by atoms with Crippen LogP contribution in [0, 0.1) is 0 Å². The number of aromatic nitrogens is 2. The summed E-state index contributed by atoms with van der Waals surface area (Å²) >= 11 is 5.84. The Morgan fingerprint density at radius 3 is 2.93 bits per heavy atom. The van der Waals surface area contributed by atoms with Crippen LogP contribution in [-0.4, -0.2) is 26.9 Å². The predicted molar refractivity (Wildman–Crippen MR) is 52.2 cm³/mol. The van der Waals surface area contributed by atoms with Crippen LogP contribution in [-0.2, 0) is 17.8 Å². The maximum Gasteiger partial charge on any atom is 0.320 e. The summed E-state index contributed by atoms with van der Waals surface area (Å²) < 4.78 is 1.65. The Bertz CT molecular complexity index is 337. The smallest absolute Gasteiger partial charge is 0.320 e. The van der Waals surface area contributed by atoms with Gasteiger partial charge in [0.05, 0.1) is 10.7 Å². The lowest BCUT2D eigenvalue weighted by Crippen LogP contribution is -2.32. The average Bonchev–Trinajstić information content (AvgIpc) is 2.47. The lowest BCUT2D eigenvalue weighted by Gasteiger charge is -2.03. The fourth-order valence-electron chi connectivity index (χ4n) is 1.03. The Kier molecular flexibility index (Phi) is 3.49. The lowest BCUT2D eigenvalue weighted by atomic mass is 10.2. The van der Waals surface area contributed by atoms with E-state index in [4.69, 9.17) is 22.4 Å². The zero-order valence-electron chi connectivity index (χ0n) is 7.77. The molecule has 14 heavy (non-hydrogen) atoms. The minimum Gasteiger partial charge on any atom is -0.480 e. The maximum atomic E-state index is 10.5. The molecule has 0 radical (unpaired) electrons. The maximum absolute atomic E-state index is 10.5. The Hall–Kier alpha value is -1.07. The topological polar surface area (TPSA) is 81.1 Å². The van der Waals surface area contributed by atoms with Crippen molar-refractivity contribution in [3.8, 4) is 0 Å². The minimum absolute atomic E-state index is 0.154. The van der Waals surface area contributed by atoms with Crippen LogP contribution in [0.4, 0.5) is 0 Å². The third-order valence-corrected chi connectivity index (χ3v) is 2.16. The van der Waals surface area contributed by atoms with E-state index in [9.17, 15) is 4.79 Å². The van der Waals surface area contributed by atoms with E-state index in [2.05, 4.69) is 5.10 Å².